The first kappa shape index (κ1) is 24.3. The molecule has 0 aliphatic carbocycles. The number of nitrogens with one attached hydrogen (secondary N) is 1. The molecule has 4 rings (SSSR count). The third-order valence-corrected chi connectivity index (χ3v) is 5.40. The number of imidazole rings is 1. The van der Waals surface area contributed by atoms with Gasteiger partial charge in [-0.25, -0.2) is 9.78 Å². The SMILES string of the molecule is COCCn1c(=O)n(CCCn2nnc(Cc3ccccc3C(F)(F)F)n2)c(=O)c2[nH]c(C)nc21. The largest absolute Gasteiger partial charge is 0.416 e. The smallest absolute Gasteiger partial charge is 0.383 e. The molecule has 0 fully saturated rings. The summed E-state index contributed by atoms with van der Waals surface area (Å²) in [5.74, 6) is 0.641. The molecule has 0 spiro atoms. The highest BCUT2D eigenvalue weighted by atomic mass is 19.4. The van der Waals surface area contributed by atoms with Crippen molar-refractivity contribution >= 4 is 11.2 Å². The minimum absolute atomic E-state index is 0.0471. The molecule has 186 valence electrons. The van der Waals surface area contributed by atoms with Gasteiger partial charge in [0.05, 0.1) is 25.3 Å². The van der Waals surface area contributed by atoms with Crippen molar-refractivity contribution in [2.45, 2.75) is 45.6 Å². The van der Waals surface area contributed by atoms with Gasteiger partial charge in [0.2, 0.25) is 0 Å². The normalized spacial score (nSPS) is 12.0. The average molecular weight is 492 g/mol. The van der Waals surface area contributed by atoms with Crippen molar-refractivity contribution in [3.05, 3.63) is 67.9 Å². The van der Waals surface area contributed by atoms with E-state index in [1.807, 2.05) is 0 Å². The predicted octanol–water partition coefficient (Wildman–Crippen LogP) is 1.53. The zero-order valence-electron chi connectivity index (χ0n) is 19.0. The van der Waals surface area contributed by atoms with Crippen LogP contribution in [0.15, 0.2) is 33.9 Å². The monoisotopic (exact) mass is 492 g/mol. The van der Waals surface area contributed by atoms with Crippen molar-refractivity contribution in [1.29, 1.82) is 0 Å². The van der Waals surface area contributed by atoms with Crippen molar-refractivity contribution in [3.8, 4) is 0 Å². The maximum absolute atomic E-state index is 13.2. The molecule has 1 N–H and O–H groups in total. The lowest BCUT2D eigenvalue weighted by atomic mass is 10.0. The number of aryl methyl sites for hydroxylation is 2. The van der Waals surface area contributed by atoms with Crippen LogP contribution in [0, 0.1) is 6.92 Å². The third-order valence-electron chi connectivity index (χ3n) is 5.40. The Hall–Kier alpha value is -3.81. The molecular formula is C21H23F3N8O3. The summed E-state index contributed by atoms with van der Waals surface area (Å²) in [7, 11) is 1.51. The first-order valence-corrected chi connectivity index (χ1v) is 10.8. The number of nitrogens with zero attached hydrogens (tertiary/aromatic N) is 7. The van der Waals surface area contributed by atoms with Crippen molar-refractivity contribution in [2.75, 3.05) is 13.7 Å². The number of aromatic amines is 1. The van der Waals surface area contributed by atoms with Gasteiger partial charge in [0.15, 0.2) is 11.5 Å². The molecule has 3 heterocycles. The number of alkyl halides is 3. The van der Waals surface area contributed by atoms with Gasteiger partial charge in [-0.15, -0.1) is 10.2 Å². The third kappa shape index (κ3) is 5.16. The second-order valence-corrected chi connectivity index (χ2v) is 7.89. The first-order valence-electron chi connectivity index (χ1n) is 10.8. The highest BCUT2D eigenvalue weighted by Crippen LogP contribution is 2.32. The number of rotatable bonds is 9. The summed E-state index contributed by atoms with van der Waals surface area (Å²) in [5.41, 5.74) is -1.21. The summed E-state index contributed by atoms with van der Waals surface area (Å²) in [6.07, 6.45) is -4.30. The van der Waals surface area contributed by atoms with E-state index in [2.05, 4.69) is 25.4 Å². The first-order chi connectivity index (χ1) is 16.7. The van der Waals surface area contributed by atoms with Crippen LogP contribution in [0.5, 0.6) is 0 Å². The molecule has 0 radical (unpaired) electrons. The van der Waals surface area contributed by atoms with E-state index in [0.717, 1.165) is 10.6 Å². The number of benzene rings is 1. The lowest BCUT2D eigenvalue weighted by molar-refractivity contribution is -0.138. The quantitative estimate of drug-likeness (QED) is 0.376. The standard InChI is InChI=1S/C21H23F3N8O3/c1-13-25-17-18(26-13)30(10-11-35-2)20(34)31(19(17)33)8-5-9-32-28-16(27-29-32)12-14-6-3-4-7-15(14)21(22,23)24/h3-4,6-7H,5,8-12H2,1-2H3,(H,25,26). The number of methoxy groups -OCH3 is 1. The van der Waals surface area contributed by atoms with Crippen LogP contribution in [0.4, 0.5) is 13.2 Å². The Morgan fingerprint density at radius 3 is 2.60 bits per heavy atom. The van der Waals surface area contributed by atoms with Gasteiger partial charge in [0.25, 0.3) is 5.56 Å². The van der Waals surface area contributed by atoms with E-state index >= 15 is 0 Å². The molecule has 0 saturated heterocycles. The zero-order valence-corrected chi connectivity index (χ0v) is 19.0. The molecule has 0 bridgehead atoms. The molecule has 4 aromatic rings. The summed E-state index contributed by atoms with van der Waals surface area (Å²) in [5, 5.41) is 11.9. The fraction of sp³-hybridized carbons (Fsp3) is 0.429. The maximum atomic E-state index is 13.2. The highest BCUT2D eigenvalue weighted by Gasteiger charge is 2.33. The van der Waals surface area contributed by atoms with E-state index in [-0.39, 0.29) is 55.2 Å². The summed E-state index contributed by atoms with van der Waals surface area (Å²) < 4.78 is 47.2. The van der Waals surface area contributed by atoms with Crippen LogP contribution < -0.4 is 11.2 Å². The van der Waals surface area contributed by atoms with Crippen LogP contribution in [0.1, 0.15) is 29.2 Å². The van der Waals surface area contributed by atoms with Crippen LogP contribution in [-0.4, -0.2) is 53.0 Å². The van der Waals surface area contributed by atoms with Gasteiger partial charge >= 0.3 is 11.9 Å². The fourth-order valence-corrected chi connectivity index (χ4v) is 3.80. The Morgan fingerprint density at radius 1 is 1.09 bits per heavy atom. The Balaban J connectivity index is 1.49. The molecule has 0 aliphatic rings. The minimum Gasteiger partial charge on any atom is -0.383 e. The number of hydrogen-bond acceptors (Lipinski definition) is 7. The van der Waals surface area contributed by atoms with Gasteiger partial charge in [-0.1, -0.05) is 18.2 Å². The Morgan fingerprint density at radius 2 is 1.86 bits per heavy atom. The van der Waals surface area contributed by atoms with Crippen LogP contribution in [0.25, 0.3) is 11.2 Å². The van der Waals surface area contributed by atoms with Crippen molar-refractivity contribution in [3.63, 3.8) is 0 Å². The molecule has 0 unspecified atom stereocenters. The molecule has 1 aromatic carbocycles. The summed E-state index contributed by atoms with van der Waals surface area (Å²) in [6.45, 7) is 2.46. The van der Waals surface area contributed by atoms with Crippen LogP contribution in [0.3, 0.4) is 0 Å². The molecule has 14 heteroatoms. The number of tetrazole rings is 1. The average Bonchev–Trinajstić information content (AvgIpc) is 3.42. The van der Waals surface area contributed by atoms with Gasteiger partial charge in [0.1, 0.15) is 11.3 Å². The number of fused-ring (bicyclic) bond motifs is 1. The van der Waals surface area contributed by atoms with Crippen molar-refractivity contribution in [1.82, 2.24) is 39.3 Å². The number of hydrogen-bond donors (Lipinski definition) is 1. The van der Waals surface area contributed by atoms with Crippen LogP contribution >= 0.6 is 0 Å². The predicted molar refractivity (Wildman–Crippen MR) is 118 cm³/mol. The van der Waals surface area contributed by atoms with Gasteiger partial charge in [-0.2, -0.15) is 18.0 Å². The van der Waals surface area contributed by atoms with Crippen molar-refractivity contribution in [2.24, 2.45) is 0 Å². The molecular weight excluding hydrogens is 469 g/mol. The second-order valence-electron chi connectivity index (χ2n) is 7.89. The Kier molecular flexibility index (Phi) is 6.82. The summed E-state index contributed by atoms with van der Waals surface area (Å²) in [6, 6.07) is 5.22. The number of aromatic nitrogens is 8. The van der Waals surface area contributed by atoms with Crippen molar-refractivity contribution < 1.29 is 17.9 Å². The molecule has 3 aromatic heterocycles. The molecule has 0 atom stereocenters. The van der Waals surface area contributed by atoms with E-state index < -0.39 is 23.0 Å². The maximum Gasteiger partial charge on any atom is 0.416 e. The fourth-order valence-electron chi connectivity index (χ4n) is 3.80. The topological polar surface area (TPSA) is 126 Å². The summed E-state index contributed by atoms with van der Waals surface area (Å²) >= 11 is 0. The zero-order chi connectivity index (χ0) is 25.2. The van der Waals surface area contributed by atoms with E-state index in [1.165, 1.54) is 34.7 Å². The van der Waals surface area contributed by atoms with Gasteiger partial charge in [-0.3, -0.25) is 13.9 Å². The van der Waals surface area contributed by atoms with Gasteiger partial charge in [-0.05, 0) is 30.2 Å². The van der Waals surface area contributed by atoms with Crippen LogP contribution in [-0.2, 0) is 37.0 Å². The summed E-state index contributed by atoms with van der Waals surface area (Å²) in [4.78, 5) is 34.2. The number of H-pyrrole nitrogens is 1. The van der Waals surface area contributed by atoms with Crippen LogP contribution in [0.2, 0.25) is 0 Å². The molecule has 35 heavy (non-hydrogen) atoms. The van der Waals surface area contributed by atoms with E-state index in [4.69, 9.17) is 4.74 Å². The Bertz CT molecular complexity index is 1450. The molecule has 0 aliphatic heterocycles. The highest BCUT2D eigenvalue weighted by molar-refractivity contribution is 5.69. The van der Waals surface area contributed by atoms with E-state index in [9.17, 15) is 22.8 Å². The molecule has 11 nitrogen and oxygen atoms in total. The molecule has 0 amide bonds. The lowest BCUT2D eigenvalue weighted by Crippen LogP contribution is -2.41. The number of ether oxygens (including phenoxy) is 1. The second kappa shape index (κ2) is 9.82. The van der Waals surface area contributed by atoms with Gasteiger partial charge in [0, 0.05) is 20.1 Å². The Labute approximate surface area is 196 Å². The molecule has 0 saturated carbocycles. The van der Waals surface area contributed by atoms with E-state index in [1.54, 1.807) is 6.92 Å². The lowest BCUT2D eigenvalue weighted by Gasteiger charge is -2.11. The number of halogens is 3. The van der Waals surface area contributed by atoms with E-state index in [0.29, 0.717) is 12.2 Å². The minimum atomic E-state index is -4.48. The van der Waals surface area contributed by atoms with Gasteiger partial charge < -0.3 is 9.72 Å².